The SMILES string of the molecule is CC[C@@H](C)C[C@H](N)O. The zero-order valence-corrected chi connectivity index (χ0v) is 5.59. The molecule has 50 valence electrons. The number of aliphatic hydroxyl groups excluding tert-OH is 1. The summed E-state index contributed by atoms with van der Waals surface area (Å²) >= 11 is 0. The van der Waals surface area contributed by atoms with E-state index in [4.69, 9.17) is 10.8 Å². The van der Waals surface area contributed by atoms with E-state index in [-0.39, 0.29) is 0 Å². The van der Waals surface area contributed by atoms with Gasteiger partial charge < -0.3 is 10.8 Å². The van der Waals surface area contributed by atoms with Gasteiger partial charge in [0, 0.05) is 0 Å². The Morgan fingerprint density at radius 2 is 2.12 bits per heavy atom. The molecule has 0 aromatic heterocycles. The fourth-order valence-electron chi connectivity index (χ4n) is 0.579. The topological polar surface area (TPSA) is 46.2 Å². The fourth-order valence-corrected chi connectivity index (χ4v) is 0.579. The summed E-state index contributed by atoms with van der Waals surface area (Å²) in [6.45, 7) is 4.17. The van der Waals surface area contributed by atoms with Crippen LogP contribution in [0.15, 0.2) is 0 Å². The summed E-state index contributed by atoms with van der Waals surface area (Å²) in [4.78, 5) is 0. The minimum absolute atomic E-state index is 0.551. The van der Waals surface area contributed by atoms with Gasteiger partial charge in [-0.2, -0.15) is 0 Å². The van der Waals surface area contributed by atoms with Crippen LogP contribution in [0.4, 0.5) is 0 Å². The Hall–Kier alpha value is -0.0800. The molecule has 0 aromatic carbocycles. The monoisotopic (exact) mass is 117 g/mol. The second-order valence-corrected chi connectivity index (χ2v) is 2.32. The second kappa shape index (κ2) is 3.87. The molecule has 0 radical (unpaired) electrons. The lowest BCUT2D eigenvalue weighted by atomic mass is 10.1. The molecular weight excluding hydrogens is 102 g/mol. The molecule has 0 fully saturated rings. The summed E-state index contributed by atoms with van der Waals surface area (Å²) in [5.74, 6) is 0.551. The van der Waals surface area contributed by atoms with Crippen LogP contribution in [0.3, 0.4) is 0 Å². The number of hydrogen-bond donors (Lipinski definition) is 2. The lowest BCUT2D eigenvalue weighted by Gasteiger charge is -2.08. The highest BCUT2D eigenvalue weighted by atomic mass is 16.3. The van der Waals surface area contributed by atoms with Crippen LogP contribution >= 0.6 is 0 Å². The van der Waals surface area contributed by atoms with Gasteiger partial charge in [-0.3, -0.25) is 0 Å². The average Bonchev–Trinajstić information content (AvgIpc) is 1.65. The van der Waals surface area contributed by atoms with Crippen LogP contribution in [0.2, 0.25) is 0 Å². The van der Waals surface area contributed by atoms with Gasteiger partial charge in [0.05, 0.1) is 0 Å². The molecular formula is C6H15NO. The molecule has 0 aliphatic rings. The summed E-state index contributed by atoms with van der Waals surface area (Å²) in [6, 6.07) is 0. The minimum Gasteiger partial charge on any atom is -0.379 e. The quantitative estimate of drug-likeness (QED) is 0.534. The van der Waals surface area contributed by atoms with E-state index in [9.17, 15) is 0 Å². The van der Waals surface area contributed by atoms with E-state index in [0.717, 1.165) is 12.8 Å². The highest BCUT2D eigenvalue weighted by Gasteiger charge is 2.01. The standard InChI is InChI=1S/C6H15NO/c1-3-5(2)4-6(7)8/h5-6,8H,3-4,7H2,1-2H3/t5-,6-/m1/s1. The number of rotatable bonds is 3. The van der Waals surface area contributed by atoms with Crippen LogP contribution in [-0.2, 0) is 0 Å². The molecule has 3 N–H and O–H groups in total. The lowest BCUT2D eigenvalue weighted by Crippen LogP contribution is -2.21. The molecule has 0 unspecified atom stereocenters. The first-order chi connectivity index (χ1) is 3.66. The van der Waals surface area contributed by atoms with Crippen molar-refractivity contribution in [1.29, 1.82) is 0 Å². The van der Waals surface area contributed by atoms with Crippen molar-refractivity contribution < 1.29 is 5.11 Å². The van der Waals surface area contributed by atoms with Crippen molar-refractivity contribution in [3.8, 4) is 0 Å². The zero-order chi connectivity index (χ0) is 6.57. The van der Waals surface area contributed by atoms with Gasteiger partial charge in [-0.1, -0.05) is 20.3 Å². The Labute approximate surface area is 50.7 Å². The van der Waals surface area contributed by atoms with E-state index in [1.165, 1.54) is 0 Å². The molecule has 0 rings (SSSR count). The normalized spacial score (nSPS) is 18.0. The maximum absolute atomic E-state index is 8.63. The van der Waals surface area contributed by atoms with Gasteiger partial charge in [-0.25, -0.2) is 0 Å². The third-order valence-electron chi connectivity index (χ3n) is 1.34. The molecule has 2 heteroatoms. The van der Waals surface area contributed by atoms with Gasteiger partial charge in [0.1, 0.15) is 6.23 Å². The molecule has 0 saturated carbocycles. The second-order valence-electron chi connectivity index (χ2n) is 2.32. The van der Waals surface area contributed by atoms with Gasteiger partial charge in [0.15, 0.2) is 0 Å². The van der Waals surface area contributed by atoms with Gasteiger partial charge in [0.25, 0.3) is 0 Å². The maximum Gasteiger partial charge on any atom is 0.102 e. The average molecular weight is 117 g/mol. The molecule has 0 aromatic rings. The molecule has 2 atom stereocenters. The third-order valence-corrected chi connectivity index (χ3v) is 1.34. The van der Waals surface area contributed by atoms with Crippen molar-refractivity contribution >= 4 is 0 Å². The third kappa shape index (κ3) is 4.09. The predicted octanol–water partition coefficient (Wildman–Crippen LogP) is 0.700. The summed E-state index contributed by atoms with van der Waals surface area (Å²) in [5.41, 5.74) is 5.12. The Kier molecular flexibility index (Phi) is 3.83. The highest BCUT2D eigenvalue weighted by Crippen LogP contribution is 2.06. The van der Waals surface area contributed by atoms with E-state index < -0.39 is 6.23 Å². The van der Waals surface area contributed by atoms with Crippen LogP contribution in [0.1, 0.15) is 26.7 Å². The first-order valence-electron chi connectivity index (χ1n) is 3.10. The Morgan fingerprint density at radius 1 is 1.62 bits per heavy atom. The number of hydrogen-bond acceptors (Lipinski definition) is 2. The van der Waals surface area contributed by atoms with Gasteiger partial charge in [-0.05, 0) is 12.3 Å². The number of nitrogens with two attached hydrogens (primary N) is 1. The molecule has 0 spiro atoms. The Bertz CT molecular complexity index is 54.5. The van der Waals surface area contributed by atoms with Crippen molar-refractivity contribution in [2.75, 3.05) is 0 Å². The van der Waals surface area contributed by atoms with E-state index >= 15 is 0 Å². The largest absolute Gasteiger partial charge is 0.379 e. The van der Waals surface area contributed by atoms with Crippen molar-refractivity contribution in [2.24, 2.45) is 11.7 Å². The van der Waals surface area contributed by atoms with Gasteiger partial charge in [-0.15, -0.1) is 0 Å². The summed E-state index contributed by atoms with van der Waals surface area (Å²) in [7, 11) is 0. The van der Waals surface area contributed by atoms with Crippen molar-refractivity contribution in [2.45, 2.75) is 32.9 Å². The van der Waals surface area contributed by atoms with E-state index in [2.05, 4.69) is 13.8 Å². The Morgan fingerprint density at radius 3 is 2.25 bits per heavy atom. The van der Waals surface area contributed by atoms with Crippen molar-refractivity contribution in [3.05, 3.63) is 0 Å². The van der Waals surface area contributed by atoms with Crippen LogP contribution in [0.25, 0.3) is 0 Å². The molecule has 2 nitrogen and oxygen atoms in total. The molecule has 8 heavy (non-hydrogen) atoms. The first kappa shape index (κ1) is 7.92. The van der Waals surface area contributed by atoms with E-state index in [1.807, 2.05) is 0 Å². The van der Waals surface area contributed by atoms with E-state index in [1.54, 1.807) is 0 Å². The Balaban J connectivity index is 3.10. The van der Waals surface area contributed by atoms with Gasteiger partial charge in [0.2, 0.25) is 0 Å². The molecule has 0 heterocycles. The molecule has 0 saturated heterocycles. The fraction of sp³-hybridized carbons (Fsp3) is 1.00. The smallest absolute Gasteiger partial charge is 0.102 e. The van der Waals surface area contributed by atoms with Crippen LogP contribution in [-0.4, -0.2) is 11.3 Å². The molecule has 0 aliphatic heterocycles. The van der Waals surface area contributed by atoms with Crippen LogP contribution in [0.5, 0.6) is 0 Å². The predicted molar refractivity (Wildman–Crippen MR) is 34.3 cm³/mol. The molecule has 0 bridgehead atoms. The lowest BCUT2D eigenvalue weighted by molar-refractivity contribution is 0.151. The zero-order valence-electron chi connectivity index (χ0n) is 5.59. The highest BCUT2D eigenvalue weighted by molar-refractivity contribution is 4.52. The van der Waals surface area contributed by atoms with Crippen molar-refractivity contribution in [1.82, 2.24) is 0 Å². The number of aliphatic hydroxyl groups is 1. The van der Waals surface area contributed by atoms with Gasteiger partial charge >= 0.3 is 0 Å². The molecule has 0 aliphatic carbocycles. The van der Waals surface area contributed by atoms with E-state index in [0.29, 0.717) is 5.92 Å². The summed E-state index contributed by atoms with van der Waals surface area (Å²) < 4.78 is 0. The maximum atomic E-state index is 8.63. The first-order valence-corrected chi connectivity index (χ1v) is 3.10. The van der Waals surface area contributed by atoms with Crippen LogP contribution < -0.4 is 5.73 Å². The minimum atomic E-state index is -0.620. The van der Waals surface area contributed by atoms with Crippen molar-refractivity contribution in [3.63, 3.8) is 0 Å². The molecule has 0 amide bonds. The van der Waals surface area contributed by atoms with Crippen LogP contribution in [0, 0.1) is 5.92 Å². The summed E-state index contributed by atoms with van der Waals surface area (Å²) in [5, 5.41) is 8.63. The summed E-state index contributed by atoms with van der Waals surface area (Å²) in [6.07, 6.45) is 1.19.